The molecule has 0 unspecified atom stereocenters. The van der Waals surface area contributed by atoms with Gasteiger partial charge < -0.3 is 19.5 Å². The maximum Gasteiger partial charge on any atom is 0.321 e. The summed E-state index contributed by atoms with van der Waals surface area (Å²) in [6.45, 7) is 3.96. The summed E-state index contributed by atoms with van der Waals surface area (Å²) in [7, 11) is 0. The first-order chi connectivity index (χ1) is 14.8. The molecule has 0 spiro atoms. The Labute approximate surface area is 175 Å². The van der Waals surface area contributed by atoms with Crippen molar-refractivity contribution in [3.8, 4) is 17.5 Å². The summed E-state index contributed by atoms with van der Waals surface area (Å²) in [6, 6.07) is 16.2. The predicted octanol–water partition coefficient (Wildman–Crippen LogP) is 3.80. The van der Waals surface area contributed by atoms with Crippen LogP contribution in [0, 0.1) is 0 Å². The highest BCUT2D eigenvalue weighted by Gasteiger charge is 2.09. The number of nitrogens with zero attached hydrogens (tertiary/aromatic N) is 3. The third kappa shape index (κ3) is 5.47. The summed E-state index contributed by atoms with van der Waals surface area (Å²) in [4.78, 5) is 13.4. The van der Waals surface area contributed by atoms with Crippen LogP contribution in [0.2, 0.25) is 0 Å². The lowest BCUT2D eigenvalue weighted by Crippen LogP contribution is -2.10. The molecule has 0 atom stereocenters. The van der Waals surface area contributed by atoms with Gasteiger partial charge in [0.1, 0.15) is 30.5 Å². The number of rotatable bonds is 2. The summed E-state index contributed by atoms with van der Waals surface area (Å²) < 4.78 is 17.0. The van der Waals surface area contributed by atoms with E-state index in [4.69, 9.17) is 14.2 Å². The minimum absolute atomic E-state index is 0.322. The maximum atomic E-state index is 5.74. The van der Waals surface area contributed by atoms with Gasteiger partial charge in [0.2, 0.25) is 5.95 Å². The number of hydrogen-bond donors (Lipinski definition) is 1. The minimum Gasteiger partial charge on any atom is -0.490 e. The van der Waals surface area contributed by atoms with E-state index in [0.717, 1.165) is 22.6 Å². The second kappa shape index (κ2) is 9.73. The number of benzene rings is 2. The Balaban J connectivity index is 1.61. The molecule has 4 aliphatic rings. The van der Waals surface area contributed by atoms with E-state index in [-0.39, 0.29) is 0 Å². The Morgan fingerprint density at radius 3 is 2.10 bits per heavy atom. The fourth-order valence-corrected chi connectivity index (χ4v) is 2.95. The first-order valence-corrected chi connectivity index (χ1v) is 9.98. The molecular weight excluding hydrogens is 380 g/mol. The Bertz CT molecular complexity index is 988. The van der Waals surface area contributed by atoms with E-state index < -0.39 is 0 Å². The summed E-state index contributed by atoms with van der Waals surface area (Å²) >= 11 is 0. The summed E-state index contributed by atoms with van der Waals surface area (Å²) in [6.07, 6.45) is 4.48. The SMILES string of the molecule is CCOc1nc2nc(n1)NCc1ccc(cc1)OCC=CCOc1ccc(cc1)C2. The Morgan fingerprint density at radius 2 is 1.47 bits per heavy atom. The van der Waals surface area contributed by atoms with Crippen LogP contribution < -0.4 is 19.5 Å². The van der Waals surface area contributed by atoms with Crippen molar-refractivity contribution in [1.29, 1.82) is 0 Å². The van der Waals surface area contributed by atoms with Gasteiger partial charge in [-0.25, -0.2) is 0 Å². The molecule has 0 fully saturated rings. The third-order valence-corrected chi connectivity index (χ3v) is 4.45. The number of hydrogen-bond acceptors (Lipinski definition) is 7. The lowest BCUT2D eigenvalue weighted by Gasteiger charge is -2.10. The maximum absolute atomic E-state index is 5.74. The Hall–Kier alpha value is -3.61. The zero-order valence-corrected chi connectivity index (χ0v) is 16.9. The fourth-order valence-electron chi connectivity index (χ4n) is 2.95. The number of nitrogens with one attached hydrogen (secondary N) is 1. The molecule has 0 amide bonds. The van der Waals surface area contributed by atoms with Crippen molar-refractivity contribution >= 4 is 5.95 Å². The molecule has 6 bridgehead atoms. The topological polar surface area (TPSA) is 78.4 Å². The van der Waals surface area contributed by atoms with Gasteiger partial charge in [-0.05, 0) is 54.5 Å². The van der Waals surface area contributed by atoms with Gasteiger partial charge >= 0.3 is 6.01 Å². The molecular formula is C23H24N4O3. The van der Waals surface area contributed by atoms with Crippen LogP contribution in [0.4, 0.5) is 5.95 Å². The number of aromatic nitrogens is 3. The third-order valence-electron chi connectivity index (χ3n) is 4.45. The van der Waals surface area contributed by atoms with Gasteiger partial charge in [-0.2, -0.15) is 15.0 Å². The van der Waals surface area contributed by atoms with Gasteiger partial charge in [0.05, 0.1) is 6.61 Å². The molecule has 0 saturated carbocycles. The number of ether oxygens (including phenoxy) is 3. The van der Waals surface area contributed by atoms with Gasteiger partial charge in [0, 0.05) is 13.0 Å². The van der Waals surface area contributed by atoms with Crippen molar-refractivity contribution in [2.45, 2.75) is 19.9 Å². The van der Waals surface area contributed by atoms with Crippen LogP contribution in [-0.4, -0.2) is 34.8 Å². The van der Waals surface area contributed by atoms with E-state index in [1.807, 2.05) is 67.6 Å². The molecule has 30 heavy (non-hydrogen) atoms. The van der Waals surface area contributed by atoms with E-state index in [0.29, 0.717) is 50.6 Å². The normalized spacial score (nSPS) is 13.8. The first kappa shape index (κ1) is 19.7. The van der Waals surface area contributed by atoms with Crippen molar-refractivity contribution in [3.63, 3.8) is 0 Å². The van der Waals surface area contributed by atoms with Gasteiger partial charge in [-0.3, -0.25) is 0 Å². The lowest BCUT2D eigenvalue weighted by molar-refractivity contribution is 0.310. The van der Waals surface area contributed by atoms with Crippen molar-refractivity contribution in [2.75, 3.05) is 25.1 Å². The summed E-state index contributed by atoms with van der Waals surface area (Å²) in [5.74, 6) is 2.76. The van der Waals surface area contributed by atoms with Crippen LogP contribution in [0.15, 0.2) is 60.7 Å². The van der Waals surface area contributed by atoms with Gasteiger partial charge in [-0.1, -0.05) is 24.3 Å². The predicted molar refractivity (Wildman–Crippen MR) is 114 cm³/mol. The van der Waals surface area contributed by atoms with Crippen LogP contribution in [0.1, 0.15) is 23.9 Å². The van der Waals surface area contributed by atoms with Crippen LogP contribution in [-0.2, 0) is 13.0 Å². The molecule has 7 nitrogen and oxygen atoms in total. The molecule has 0 saturated heterocycles. The Kier molecular flexibility index (Phi) is 6.39. The average molecular weight is 404 g/mol. The van der Waals surface area contributed by atoms with E-state index >= 15 is 0 Å². The standard InChI is InChI=1S/C23H24N4O3/c1-2-28-23-26-21-15-17-5-9-19(10-6-17)29-13-3-4-14-30-20-11-7-18(8-12-20)16-24-22(25-21)27-23/h3-12H,2,13-16H2,1H3,(H,24,25,26,27). The highest BCUT2D eigenvalue weighted by atomic mass is 16.5. The molecule has 7 heteroatoms. The van der Waals surface area contributed by atoms with Crippen molar-refractivity contribution in [3.05, 3.63) is 77.6 Å². The monoisotopic (exact) mass is 404 g/mol. The Morgan fingerprint density at radius 1 is 0.833 bits per heavy atom. The first-order valence-electron chi connectivity index (χ1n) is 9.98. The quantitative estimate of drug-likeness (QED) is 0.651. The van der Waals surface area contributed by atoms with Crippen molar-refractivity contribution in [1.82, 2.24) is 15.0 Å². The second-order valence-electron chi connectivity index (χ2n) is 6.70. The summed E-state index contributed by atoms with van der Waals surface area (Å²) in [5, 5.41) is 3.26. The molecule has 0 aliphatic carbocycles. The van der Waals surface area contributed by atoms with Gasteiger partial charge in [0.15, 0.2) is 0 Å². The highest BCUT2D eigenvalue weighted by Crippen LogP contribution is 2.17. The van der Waals surface area contributed by atoms with E-state index in [1.54, 1.807) is 0 Å². The smallest absolute Gasteiger partial charge is 0.321 e. The summed E-state index contributed by atoms with van der Waals surface area (Å²) in [5.41, 5.74) is 2.17. The molecule has 5 heterocycles. The molecule has 3 aromatic rings. The molecule has 4 aliphatic heterocycles. The zero-order chi connectivity index (χ0) is 20.6. The van der Waals surface area contributed by atoms with E-state index in [1.165, 1.54) is 0 Å². The average Bonchev–Trinajstić information content (AvgIpc) is 2.76. The lowest BCUT2D eigenvalue weighted by atomic mass is 10.1. The van der Waals surface area contributed by atoms with Crippen LogP contribution in [0.3, 0.4) is 0 Å². The molecule has 2 aromatic carbocycles. The van der Waals surface area contributed by atoms with Crippen LogP contribution >= 0.6 is 0 Å². The molecule has 7 rings (SSSR count). The molecule has 154 valence electrons. The van der Waals surface area contributed by atoms with Crippen LogP contribution in [0.25, 0.3) is 0 Å². The van der Waals surface area contributed by atoms with Crippen molar-refractivity contribution in [2.24, 2.45) is 0 Å². The zero-order valence-electron chi connectivity index (χ0n) is 16.9. The van der Waals surface area contributed by atoms with E-state index in [2.05, 4.69) is 20.3 Å². The molecule has 1 aromatic heterocycles. The van der Waals surface area contributed by atoms with Crippen molar-refractivity contribution < 1.29 is 14.2 Å². The highest BCUT2D eigenvalue weighted by molar-refractivity contribution is 5.34. The number of anilines is 1. The largest absolute Gasteiger partial charge is 0.490 e. The second-order valence-corrected chi connectivity index (χ2v) is 6.70. The fraction of sp³-hybridized carbons (Fsp3) is 0.261. The van der Waals surface area contributed by atoms with Crippen LogP contribution in [0.5, 0.6) is 17.5 Å². The van der Waals surface area contributed by atoms with Gasteiger partial charge in [0.25, 0.3) is 0 Å². The molecule has 0 radical (unpaired) electrons. The molecule has 1 N–H and O–H groups in total. The minimum atomic E-state index is 0.322. The van der Waals surface area contributed by atoms with E-state index in [9.17, 15) is 0 Å². The van der Waals surface area contributed by atoms with Gasteiger partial charge in [-0.15, -0.1) is 0 Å².